The molecule has 0 amide bonds. The molecule has 2 aliphatic rings. The van der Waals surface area contributed by atoms with Crippen molar-refractivity contribution in [1.29, 1.82) is 0 Å². The molecule has 0 atom stereocenters. The van der Waals surface area contributed by atoms with Crippen LogP contribution >= 0.6 is 0 Å². The smallest absolute Gasteiger partial charge is 0.231 e. The third-order valence-electron chi connectivity index (χ3n) is 1.88. The van der Waals surface area contributed by atoms with Crippen LogP contribution in [0.4, 0.5) is 0 Å². The van der Waals surface area contributed by atoms with E-state index in [0.717, 1.165) is 0 Å². The number of aromatic nitrogens is 1. The van der Waals surface area contributed by atoms with Crippen molar-refractivity contribution in [3.05, 3.63) is 36.6 Å². The summed E-state index contributed by atoms with van der Waals surface area (Å²) < 4.78 is 5.13. The number of nitrogens with one attached hydrogen (secondary N) is 1. The molecule has 3 rings (SSSR count). The van der Waals surface area contributed by atoms with Gasteiger partial charge < -0.3 is 9.30 Å². The molecule has 1 aromatic heterocycles. The van der Waals surface area contributed by atoms with Crippen molar-refractivity contribution in [2.75, 3.05) is 0 Å². The number of hydroxylamine groups is 1. The Bertz CT molecular complexity index is 476. The minimum atomic E-state index is 0.344. The number of hydrogen-bond acceptors (Lipinski definition) is 8. The summed E-state index contributed by atoms with van der Waals surface area (Å²) in [5.41, 5.74) is 3.84. The summed E-state index contributed by atoms with van der Waals surface area (Å²) in [6.07, 6.45) is 5.58. The van der Waals surface area contributed by atoms with Crippen molar-refractivity contribution < 1.29 is 24.2 Å². The molecule has 0 bridgehead atoms. The molecule has 0 spiro atoms. The van der Waals surface area contributed by atoms with E-state index < -0.39 is 0 Å². The van der Waals surface area contributed by atoms with Crippen LogP contribution in [0, 0.1) is 0 Å². The molecule has 0 radical (unpaired) electrons. The van der Waals surface area contributed by atoms with E-state index in [0.29, 0.717) is 22.9 Å². The van der Waals surface area contributed by atoms with Gasteiger partial charge in [0.1, 0.15) is 17.5 Å². The molecule has 0 aliphatic carbocycles. The second-order valence-electron chi connectivity index (χ2n) is 2.79. The average molecular weight is 223 g/mol. The van der Waals surface area contributed by atoms with E-state index in [2.05, 4.69) is 35.4 Å². The molecule has 0 saturated heterocycles. The Hall–Kier alpha value is -2.48. The molecule has 0 fully saturated rings. The van der Waals surface area contributed by atoms with E-state index in [1.54, 1.807) is 0 Å². The molecule has 0 saturated carbocycles. The Labute approximate surface area is 88.5 Å². The predicted octanol–water partition coefficient (Wildman–Crippen LogP) is 0.641. The van der Waals surface area contributed by atoms with E-state index in [1.165, 1.54) is 25.0 Å². The summed E-state index contributed by atoms with van der Waals surface area (Å²) in [4.78, 5) is 22.1. The fraction of sp³-hybridized carbons (Fsp3) is 0. The predicted molar refractivity (Wildman–Crippen MR) is 47.5 cm³/mol. The van der Waals surface area contributed by atoms with Gasteiger partial charge >= 0.3 is 0 Å². The largest absolute Gasteiger partial charge is 0.444 e. The van der Waals surface area contributed by atoms with Gasteiger partial charge in [-0.15, -0.1) is 0 Å². The van der Waals surface area contributed by atoms with Gasteiger partial charge in [-0.3, -0.25) is 4.89 Å². The maximum Gasteiger partial charge on any atom is 0.231 e. The van der Waals surface area contributed by atoms with E-state index >= 15 is 0 Å². The maximum atomic E-state index is 5.13. The van der Waals surface area contributed by atoms with Crippen LogP contribution in [0.15, 0.2) is 40.3 Å². The normalized spacial score (nSPS) is 18.4. The van der Waals surface area contributed by atoms with E-state index in [-0.39, 0.29) is 0 Å². The number of oxime groups is 1. The molecule has 16 heavy (non-hydrogen) atoms. The number of hydrogen-bond donors (Lipinski definition) is 1. The van der Waals surface area contributed by atoms with Gasteiger partial charge in [0, 0.05) is 0 Å². The fourth-order valence-electron chi connectivity index (χ4n) is 1.21. The molecule has 3 heterocycles. The average Bonchev–Trinajstić information content (AvgIpc) is 3.03. The van der Waals surface area contributed by atoms with E-state index in [9.17, 15) is 0 Å². The molecule has 1 N–H and O–H groups in total. The molecule has 82 valence electrons. The molecule has 8 nitrogen and oxygen atoms in total. The Morgan fingerprint density at radius 2 is 2.19 bits per heavy atom. The monoisotopic (exact) mass is 223 g/mol. The van der Waals surface area contributed by atoms with Crippen LogP contribution in [0.25, 0.3) is 5.57 Å². The fourth-order valence-corrected chi connectivity index (χ4v) is 1.21. The summed E-state index contributed by atoms with van der Waals surface area (Å²) in [5, 5.41) is 3.68. The first-order valence-electron chi connectivity index (χ1n) is 4.25. The zero-order valence-corrected chi connectivity index (χ0v) is 7.75. The maximum absolute atomic E-state index is 5.13. The van der Waals surface area contributed by atoms with E-state index in [1.807, 2.05) is 0 Å². The first-order chi connectivity index (χ1) is 7.95. The lowest BCUT2D eigenvalue weighted by atomic mass is 10.1. The van der Waals surface area contributed by atoms with Gasteiger partial charge in [0.25, 0.3) is 0 Å². The lowest BCUT2D eigenvalue weighted by Gasteiger charge is -2.09. The number of allylic oxidation sites excluding steroid dienone is 1. The summed E-state index contributed by atoms with van der Waals surface area (Å²) >= 11 is 0. The first-order valence-corrected chi connectivity index (χ1v) is 4.25. The van der Waals surface area contributed by atoms with Gasteiger partial charge in [-0.25, -0.2) is 10.5 Å². The SMILES string of the molecule is C1=C(C2=NOOC=C2c2ncco2)NOO1. The van der Waals surface area contributed by atoms with Crippen molar-refractivity contribution in [1.82, 2.24) is 10.5 Å². The molecule has 0 unspecified atom stereocenters. The minimum Gasteiger partial charge on any atom is -0.444 e. The highest BCUT2D eigenvalue weighted by molar-refractivity contribution is 6.30. The zero-order chi connectivity index (χ0) is 10.8. The Morgan fingerprint density at radius 1 is 1.19 bits per heavy atom. The van der Waals surface area contributed by atoms with Crippen molar-refractivity contribution >= 4 is 11.3 Å². The number of nitrogens with zero attached hydrogens (tertiary/aromatic N) is 2. The van der Waals surface area contributed by atoms with Crippen molar-refractivity contribution in [2.45, 2.75) is 0 Å². The van der Waals surface area contributed by atoms with Gasteiger partial charge in [-0.1, -0.05) is 4.99 Å². The molecule has 1 aromatic rings. The number of oxazole rings is 1. The van der Waals surface area contributed by atoms with Gasteiger partial charge in [0.15, 0.2) is 18.2 Å². The second-order valence-corrected chi connectivity index (χ2v) is 2.79. The van der Waals surface area contributed by atoms with E-state index in [4.69, 9.17) is 4.42 Å². The van der Waals surface area contributed by atoms with Gasteiger partial charge in [-0.05, 0) is 5.16 Å². The highest BCUT2D eigenvalue weighted by atomic mass is 17.3. The van der Waals surface area contributed by atoms with Crippen molar-refractivity contribution in [2.24, 2.45) is 5.16 Å². The van der Waals surface area contributed by atoms with Crippen LogP contribution < -0.4 is 5.48 Å². The summed E-state index contributed by atoms with van der Waals surface area (Å²) in [5.74, 6) is 0.344. The van der Waals surface area contributed by atoms with Crippen LogP contribution in [0.1, 0.15) is 5.89 Å². The minimum absolute atomic E-state index is 0.344. The molecule has 8 heteroatoms. The third kappa shape index (κ3) is 1.37. The van der Waals surface area contributed by atoms with Crippen LogP contribution in [0.3, 0.4) is 0 Å². The molecule has 0 aromatic carbocycles. The topological polar surface area (TPSA) is 87.3 Å². The lowest BCUT2D eigenvalue weighted by molar-refractivity contribution is -0.265. The highest BCUT2D eigenvalue weighted by Crippen LogP contribution is 2.22. The van der Waals surface area contributed by atoms with Crippen molar-refractivity contribution in [3.8, 4) is 0 Å². The van der Waals surface area contributed by atoms with Crippen LogP contribution in [0.5, 0.6) is 0 Å². The van der Waals surface area contributed by atoms with Crippen LogP contribution in [0.2, 0.25) is 0 Å². The zero-order valence-electron chi connectivity index (χ0n) is 7.75. The number of rotatable bonds is 2. The van der Waals surface area contributed by atoms with Crippen LogP contribution in [-0.4, -0.2) is 10.7 Å². The Morgan fingerprint density at radius 3 is 2.94 bits per heavy atom. The molecular formula is C8H5N3O5. The first kappa shape index (κ1) is 8.80. The summed E-state index contributed by atoms with van der Waals surface area (Å²) in [7, 11) is 0. The third-order valence-corrected chi connectivity index (χ3v) is 1.88. The van der Waals surface area contributed by atoms with Gasteiger partial charge in [0.05, 0.1) is 6.20 Å². The Kier molecular flexibility index (Phi) is 1.97. The lowest BCUT2D eigenvalue weighted by Crippen LogP contribution is -2.19. The Balaban J connectivity index is 1.97. The summed E-state index contributed by atoms with van der Waals surface area (Å²) in [6, 6.07) is 0. The standard InChI is InChI=1S/C8H5N3O5/c1-2-12-8(9-1)5-3-13-16-11-7(5)6-4-14-15-10-6/h1-4,10H. The van der Waals surface area contributed by atoms with Gasteiger partial charge in [0.2, 0.25) is 5.89 Å². The second kappa shape index (κ2) is 3.59. The van der Waals surface area contributed by atoms with Crippen LogP contribution in [-0.2, 0) is 19.8 Å². The summed E-state index contributed by atoms with van der Waals surface area (Å²) in [6.45, 7) is 0. The quantitative estimate of drug-likeness (QED) is 0.736. The highest BCUT2D eigenvalue weighted by Gasteiger charge is 2.26. The molecular weight excluding hydrogens is 218 g/mol. The van der Waals surface area contributed by atoms with Crippen molar-refractivity contribution in [3.63, 3.8) is 0 Å². The van der Waals surface area contributed by atoms with Gasteiger partial charge in [-0.2, -0.15) is 4.99 Å². The molecule has 2 aliphatic heterocycles.